The van der Waals surface area contributed by atoms with E-state index in [-0.39, 0.29) is 11.3 Å². The quantitative estimate of drug-likeness (QED) is 0.574. The van der Waals surface area contributed by atoms with Crippen LogP contribution < -0.4 is 0 Å². The SMILES string of the molecule is CC(C)(C)c1noc(CCCC(=O)N(Cc2ccccc2)Cc2ccco2)n1. The molecule has 6 heteroatoms. The van der Waals surface area contributed by atoms with Gasteiger partial charge >= 0.3 is 0 Å². The van der Waals surface area contributed by atoms with E-state index in [4.69, 9.17) is 8.94 Å². The van der Waals surface area contributed by atoms with Crippen molar-refractivity contribution in [3.8, 4) is 0 Å². The van der Waals surface area contributed by atoms with E-state index in [1.54, 1.807) is 6.26 Å². The number of carbonyl (C=O) groups is 1. The molecule has 0 unspecified atom stereocenters. The Labute approximate surface area is 165 Å². The highest BCUT2D eigenvalue weighted by Crippen LogP contribution is 2.19. The maximum Gasteiger partial charge on any atom is 0.226 e. The molecule has 3 aromatic rings. The summed E-state index contributed by atoms with van der Waals surface area (Å²) in [5.74, 6) is 2.13. The molecule has 1 amide bonds. The molecule has 0 saturated heterocycles. The van der Waals surface area contributed by atoms with Gasteiger partial charge < -0.3 is 13.8 Å². The fourth-order valence-electron chi connectivity index (χ4n) is 2.84. The number of hydrogen-bond donors (Lipinski definition) is 0. The lowest BCUT2D eigenvalue weighted by molar-refractivity contribution is -0.132. The van der Waals surface area contributed by atoms with Crippen LogP contribution in [-0.4, -0.2) is 20.9 Å². The molecule has 0 aliphatic rings. The summed E-state index contributed by atoms with van der Waals surface area (Å²) in [7, 11) is 0. The number of aryl methyl sites for hydroxylation is 1. The summed E-state index contributed by atoms with van der Waals surface area (Å²) in [5, 5.41) is 4.03. The lowest BCUT2D eigenvalue weighted by Gasteiger charge is -2.22. The molecule has 2 aromatic heterocycles. The second-order valence-corrected chi connectivity index (χ2v) is 7.93. The lowest BCUT2D eigenvalue weighted by Crippen LogP contribution is -2.29. The number of benzene rings is 1. The zero-order valence-electron chi connectivity index (χ0n) is 16.7. The van der Waals surface area contributed by atoms with Gasteiger partial charge in [0.15, 0.2) is 5.82 Å². The fourth-order valence-corrected chi connectivity index (χ4v) is 2.84. The third kappa shape index (κ3) is 5.55. The van der Waals surface area contributed by atoms with Crippen LogP contribution in [0.1, 0.15) is 56.7 Å². The number of aromatic nitrogens is 2. The highest BCUT2D eigenvalue weighted by atomic mass is 16.5. The topological polar surface area (TPSA) is 72.4 Å². The molecule has 0 aliphatic carbocycles. The third-order valence-electron chi connectivity index (χ3n) is 4.42. The first-order valence-corrected chi connectivity index (χ1v) is 9.59. The second-order valence-electron chi connectivity index (χ2n) is 7.93. The van der Waals surface area contributed by atoms with Crippen LogP contribution >= 0.6 is 0 Å². The molecule has 2 heterocycles. The minimum Gasteiger partial charge on any atom is -0.467 e. The smallest absolute Gasteiger partial charge is 0.226 e. The van der Waals surface area contributed by atoms with Crippen LogP contribution in [-0.2, 0) is 29.7 Å². The molecule has 1 aromatic carbocycles. The molecule has 0 saturated carbocycles. The average molecular weight is 381 g/mol. The monoisotopic (exact) mass is 381 g/mol. The Morgan fingerprint density at radius 2 is 1.86 bits per heavy atom. The van der Waals surface area contributed by atoms with E-state index < -0.39 is 0 Å². The number of hydrogen-bond acceptors (Lipinski definition) is 5. The van der Waals surface area contributed by atoms with Gasteiger partial charge in [0.25, 0.3) is 0 Å². The number of furan rings is 1. The van der Waals surface area contributed by atoms with Gasteiger partial charge in [-0.15, -0.1) is 0 Å². The summed E-state index contributed by atoms with van der Waals surface area (Å²) in [6, 6.07) is 13.7. The second kappa shape index (κ2) is 8.87. The zero-order valence-corrected chi connectivity index (χ0v) is 16.7. The molecule has 0 radical (unpaired) electrons. The van der Waals surface area contributed by atoms with Gasteiger partial charge in [-0.05, 0) is 24.1 Å². The Balaban J connectivity index is 1.58. The van der Waals surface area contributed by atoms with Gasteiger partial charge in [0, 0.05) is 24.8 Å². The van der Waals surface area contributed by atoms with Gasteiger partial charge in [0.2, 0.25) is 11.8 Å². The Bertz CT molecular complexity index is 864. The van der Waals surface area contributed by atoms with E-state index in [1.807, 2.05) is 68.1 Å². The standard InChI is InChI=1S/C22H27N3O3/c1-22(2,3)21-23-19(28-24-21)12-7-13-20(26)25(16-18-11-8-14-27-18)15-17-9-5-4-6-10-17/h4-6,8-11,14H,7,12-13,15-16H2,1-3H3. The van der Waals surface area contributed by atoms with Crippen molar-refractivity contribution in [1.29, 1.82) is 0 Å². The van der Waals surface area contributed by atoms with Crippen molar-refractivity contribution in [3.63, 3.8) is 0 Å². The van der Waals surface area contributed by atoms with E-state index in [0.29, 0.717) is 44.1 Å². The highest BCUT2D eigenvalue weighted by Gasteiger charge is 2.21. The maximum absolute atomic E-state index is 12.8. The fraction of sp³-hybridized carbons (Fsp3) is 0.409. The van der Waals surface area contributed by atoms with E-state index in [0.717, 1.165) is 11.3 Å². The van der Waals surface area contributed by atoms with Gasteiger partial charge in [-0.1, -0.05) is 56.3 Å². The molecule has 148 valence electrons. The molecular formula is C22H27N3O3. The van der Waals surface area contributed by atoms with Crippen LogP contribution in [0.15, 0.2) is 57.7 Å². The Kier molecular flexibility index (Phi) is 6.29. The van der Waals surface area contributed by atoms with Gasteiger partial charge in [-0.3, -0.25) is 4.79 Å². The van der Waals surface area contributed by atoms with E-state index in [9.17, 15) is 4.79 Å². The number of carbonyl (C=O) groups excluding carboxylic acids is 1. The van der Waals surface area contributed by atoms with Crippen molar-refractivity contribution in [2.24, 2.45) is 0 Å². The first-order valence-electron chi connectivity index (χ1n) is 9.59. The van der Waals surface area contributed by atoms with Crippen LogP contribution in [0.2, 0.25) is 0 Å². The molecule has 3 rings (SSSR count). The summed E-state index contributed by atoms with van der Waals surface area (Å²) in [6.07, 6.45) is 3.30. The molecule has 0 atom stereocenters. The number of nitrogens with zero attached hydrogens (tertiary/aromatic N) is 3. The molecular weight excluding hydrogens is 354 g/mol. The predicted octanol–water partition coefficient (Wildman–Crippen LogP) is 4.51. The van der Waals surface area contributed by atoms with Crippen molar-refractivity contribution in [3.05, 3.63) is 71.8 Å². The highest BCUT2D eigenvalue weighted by molar-refractivity contribution is 5.76. The molecule has 0 N–H and O–H groups in total. The largest absolute Gasteiger partial charge is 0.467 e. The summed E-state index contributed by atoms with van der Waals surface area (Å²) >= 11 is 0. The van der Waals surface area contributed by atoms with Gasteiger partial charge in [-0.25, -0.2) is 0 Å². The molecule has 0 aliphatic heterocycles. The van der Waals surface area contributed by atoms with Crippen molar-refractivity contribution in [2.45, 2.75) is 58.5 Å². The van der Waals surface area contributed by atoms with Crippen LogP contribution in [0.3, 0.4) is 0 Å². The van der Waals surface area contributed by atoms with E-state index in [1.165, 1.54) is 0 Å². The lowest BCUT2D eigenvalue weighted by atomic mass is 9.96. The molecule has 0 fully saturated rings. The Morgan fingerprint density at radius 3 is 2.50 bits per heavy atom. The minimum atomic E-state index is -0.146. The normalized spacial score (nSPS) is 11.5. The Morgan fingerprint density at radius 1 is 1.07 bits per heavy atom. The summed E-state index contributed by atoms with van der Waals surface area (Å²) in [5.41, 5.74) is 0.946. The van der Waals surface area contributed by atoms with Crippen LogP contribution in [0, 0.1) is 0 Å². The molecule has 0 spiro atoms. The summed E-state index contributed by atoms with van der Waals surface area (Å²) in [6.45, 7) is 7.13. The van der Waals surface area contributed by atoms with Gasteiger partial charge in [0.1, 0.15) is 5.76 Å². The average Bonchev–Trinajstić information content (AvgIpc) is 3.33. The van der Waals surface area contributed by atoms with Crippen LogP contribution in [0.5, 0.6) is 0 Å². The van der Waals surface area contributed by atoms with Crippen molar-refractivity contribution in [2.75, 3.05) is 0 Å². The number of amides is 1. The van der Waals surface area contributed by atoms with Crippen LogP contribution in [0.4, 0.5) is 0 Å². The minimum absolute atomic E-state index is 0.0795. The van der Waals surface area contributed by atoms with Gasteiger partial charge in [-0.2, -0.15) is 4.98 Å². The summed E-state index contributed by atoms with van der Waals surface area (Å²) in [4.78, 5) is 19.1. The van der Waals surface area contributed by atoms with E-state index >= 15 is 0 Å². The first kappa shape index (κ1) is 19.9. The number of rotatable bonds is 8. The van der Waals surface area contributed by atoms with Crippen molar-refractivity contribution in [1.82, 2.24) is 15.0 Å². The van der Waals surface area contributed by atoms with Crippen LogP contribution in [0.25, 0.3) is 0 Å². The van der Waals surface area contributed by atoms with Gasteiger partial charge in [0.05, 0.1) is 12.8 Å². The first-order chi connectivity index (χ1) is 13.4. The summed E-state index contributed by atoms with van der Waals surface area (Å²) < 4.78 is 10.7. The van der Waals surface area contributed by atoms with E-state index in [2.05, 4.69) is 10.1 Å². The third-order valence-corrected chi connectivity index (χ3v) is 4.42. The molecule has 0 bridgehead atoms. The molecule has 28 heavy (non-hydrogen) atoms. The zero-order chi connectivity index (χ0) is 20.0. The maximum atomic E-state index is 12.8. The predicted molar refractivity (Wildman–Crippen MR) is 105 cm³/mol. The van der Waals surface area contributed by atoms with Crippen molar-refractivity contribution < 1.29 is 13.7 Å². The van der Waals surface area contributed by atoms with Crippen molar-refractivity contribution >= 4 is 5.91 Å². The molecule has 6 nitrogen and oxygen atoms in total. The Hall–Kier alpha value is -2.89.